The molecule has 0 aromatic heterocycles. The molecule has 2 aromatic rings. The van der Waals surface area contributed by atoms with E-state index in [0.29, 0.717) is 38.4 Å². The molecule has 1 aliphatic heterocycles. The molecule has 0 atom stereocenters. The second-order valence-corrected chi connectivity index (χ2v) is 7.79. The summed E-state index contributed by atoms with van der Waals surface area (Å²) in [6.45, 7) is -0.179. The highest BCUT2D eigenvalue weighted by Gasteiger charge is 2.19. The molecular weight excluding hydrogens is 541 g/mol. The summed E-state index contributed by atoms with van der Waals surface area (Å²) in [5, 5.41) is 3.28. The number of hydrogen-bond acceptors (Lipinski definition) is 3. The minimum absolute atomic E-state index is 0. The van der Waals surface area contributed by atoms with Crippen molar-refractivity contribution in [3.05, 3.63) is 65.2 Å². The molecule has 3 rings (SSSR count). The Kier molecular flexibility index (Phi) is 10.8. The highest BCUT2D eigenvalue weighted by atomic mass is 127. The molecular formula is C24H31F2IN4O2. The number of aliphatic imine (C=N–C) groups is 1. The Morgan fingerprint density at radius 2 is 1.88 bits per heavy atom. The predicted molar refractivity (Wildman–Crippen MR) is 136 cm³/mol. The number of nitrogens with zero attached hydrogens (tertiary/aromatic N) is 3. The van der Waals surface area contributed by atoms with Gasteiger partial charge < -0.3 is 19.9 Å². The van der Waals surface area contributed by atoms with E-state index in [4.69, 9.17) is 0 Å². The number of carbonyl (C=O) groups is 1. The molecule has 6 nitrogen and oxygen atoms in total. The van der Waals surface area contributed by atoms with Crippen molar-refractivity contribution in [2.24, 2.45) is 4.99 Å². The number of rotatable bonds is 8. The number of nitrogens with one attached hydrogen (secondary N) is 1. The topological polar surface area (TPSA) is 57.2 Å². The first kappa shape index (κ1) is 26.8. The number of amides is 1. The van der Waals surface area contributed by atoms with Crippen LogP contribution in [0.25, 0.3) is 0 Å². The molecule has 1 amide bonds. The average molecular weight is 572 g/mol. The van der Waals surface area contributed by atoms with Crippen LogP contribution in [0.15, 0.2) is 53.5 Å². The third kappa shape index (κ3) is 8.13. The van der Waals surface area contributed by atoms with E-state index in [2.05, 4.69) is 27.2 Å². The number of hydrogen-bond donors (Lipinski definition) is 1. The first-order valence-electron chi connectivity index (χ1n) is 10.8. The van der Waals surface area contributed by atoms with Crippen molar-refractivity contribution >= 4 is 35.8 Å². The third-order valence-corrected chi connectivity index (χ3v) is 5.48. The summed E-state index contributed by atoms with van der Waals surface area (Å²) >= 11 is 0. The lowest BCUT2D eigenvalue weighted by atomic mass is 9.99. The highest BCUT2D eigenvalue weighted by molar-refractivity contribution is 14.0. The number of halogens is 3. The second kappa shape index (κ2) is 13.3. The summed E-state index contributed by atoms with van der Waals surface area (Å²) < 4.78 is 28.9. The van der Waals surface area contributed by atoms with Crippen molar-refractivity contribution in [2.45, 2.75) is 39.0 Å². The Morgan fingerprint density at radius 1 is 1.18 bits per heavy atom. The fourth-order valence-electron chi connectivity index (χ4n) is 3.82. The van der Waals surface area contributed by atoms with Crippen LogP contribution in [0.2, 0.25) is 0 Å². The van der Waals surface area contributed by atoms with Crippen LogP contribution in [0.1, 0.15) is 29.5 Å². The van der Waals surface area contributed by atoms with Gasteiger partial charge in [0.15, 0.2) is 5.96 Å². The van der Waals surface area contributed by atoms with Gasteiger partial charge in [-0.2, -0.15) is 8.78 Å². The Bertz CT molecular complexity index is 925. The molecule has 0 bridgehead atoms. The van der Waals surface area contributed by atoms with Crippen molar-refractivity contribution < 1.29 is 18.3 Å². The first-order valence-corrected chi connectivity index (χ1v) is 10.8. The standard InChI is InChI=1S/C24H30F2N4O2.HI/c1-27-24(29(2)16-18-9-11-21(12-10-18)32-23(25)26)28-14-5-8-22(31)30-15-13-19-6-3-4-7-20(19)17-30;/h3-4,6-7,9-12,23H,5,8,13-17H2,1-2H3,(H,27,28);1H. The van der Waals surface area contributed by atoms with Crippen LogP contribution in [0.5, 0.6) is 5.75 Å². The fraction of sp³-hybridized carbons (Fsp3) is 0.417. The van der Waals surface area contributed by atoms with Crippen LogP contribution >= 0.6 is 24.0 Å². The van der Waals surface area contributed by atoms with Gasteiger partial charge in [-0.3, -0.25) is 9.79 Å². The van der Waals surface area contributed by atoms with E-state index >= 15 is 0 Å². The monoisotopic (exact) mass is 572 g/mol. The Labute approximate surface area is 211 Å². The smallest absolute Gasteiger partial charge is 0.387 e. The molecule has 1 N–H and O–H groups in total. The van der Waals surface area contributed by atoms with E-state index in [1.54, 1.807) is 19.2 Å². The summed E-state index contributed by atoms with van der Waals surface area (Å²) in [4.78, 5) is 20.7. The maximum atomic E-state index is 12.6. The number of guanidine groups is 1. The number of ether oxygens (including phenoxy) is 1. The minimum atomic E-state index is -2.83. The van der Waals surface area contributed by atoms with Gasteiger partial charge >= 0.3 is 6.61 Å². The van der Waals surface area contributed by atoms with Crippen LogP contribution in [0.4, 0.5) is 8.78 Å². The zero-order valence-corrected chi connectivity index (χ0v) is 21.3. The van der Waals surface area contributed by atoms with E-state index in [9.17, 15) is 13.6 Å². The number of benzene rings is 2. The van der Waals surface area contributed by atoms with Gasteiger partial charge in [-0.15, -0.1) is 24.0 Å². The zero-order valence-electron chi connectivity index (χ0n) is 19.0. The zero-order chi connectivity index (χ0) is 22.9. The van der Waals surface area contributed by atoms with E-state index < -0.39 is 6.61 Å². The van der Waals surface area contributed by atoms with Gasteiger partial charge in [0.1, 0.15) is 5.75 Å². The lowest BCUT2D eigenvalue weighted by molar-refractivity contribution is -0.132. The van der Waals surface area contributed by atoms with Crippen LogP contribution in [0.3, 0.4) is 0 Å². The highest BCUT2D eigenvalue weighted by Crippen LogP contribution is 2.19. The molecule has 0 aliphatic carbocycles. The molecule has 1 heterocycles. The lowest BCUT2D eigenvalue weighted by Gasteiger charge is -2.29. The molecule has 0 fully saturated rings. The van der Waals surface area contributed by atoms with Gasteiger partial charge in [0, 0.05) is 46.7 Å². The maximum Gasteiger partial charge on any atom is 0.387 e. The summed E-state index contributed by atoms with van der Waals surface area (Å²) in [5.41, 5.74) is 3.51. The maximum absolute atomic E-state index is 12.6. The predicted octanol–water partition coefficient (Wildman–Crippen LogP) is 4.28. The summed E-state index contributed by atoms with van der Waals surface area (Å²) in [6, 6.07) is 14.8. The van der Waals surface area contributed by atoms with E-state index in [1.807, 2.05) is 29.0 Å². The van der Waals surface area contributed by atoms with Crippen LogP contribution in [-0.4, -0.2) is 55.5 Å². The Morgan fingerprint density at radius 3 is 2.55 bits per heavy atom. The van der Waals surface area contributed by atoms with Crippen LogP contribution in [-0.2, 0) is 24.3 Å². The lowest BCUT2D eigenvalue weighted by Crippen LogP contribution is -2.39. The molecule has 0 spiro atoms. The van der Waals surface area contributed by atoms with E-state index in [0.717, 1.165) is 18.5 Å². The van der Waals surface area contributed by atoms with Crippen LogP contribution in [0, 0.1) is 0 Å². The molecule has 180 valence electrons. The quantitative estimate of drug-likeness (QED) is 0.222. The van der Waals surface area contributed by atoms with Crippen molar-refractivity contribution in [1.82, 2.24) is 15.1 Å². The van der Waals surface area contributed by atoms with Crippen molar-refractivity contribution in [2.75, 3.05) is 27.2 Å². The van der Waals surface area contributed by atoms with E-state index in [1.165, 1.54) is 23.3 Å². The molecule has 9 heteroatoms. The van der Waals surface area contributed by atoms with Gasteiger partial charge in [0.2, 0.25) is 5.91 Å². The number of alkyl halides is 2. The summed E-state index contributed by atoms with van der Waals surface area (Å²) in [5.74, 6) is 1.02. The Hall–Kier alpha value is -2.43. The normalized spacial score (nSPS) is 13.2. The molecule has 2 aromatic carbocycles. The van der Waals surface area contributed by atoms with E-state index in [-0.39, 0.29) is 35.6 Å². The van der Waals surface area contributed by atoms with Gasteiger partial charge in [-0.1, -0.05) is 36.4 Å². The SMILES string of the molecule is CN=C(NCCCC(=O)N1CCc2ccccc2C1)N(C)Cc1ccc(OC(F)F)cc1.I. The molecule has 0 saturated carbocycles. The summed E-state index contributed by atoms with van der Waals surface area (Å²) in [6.07, 6.45) is 2.11. The van der Waals surface area contributed by atoms with Crippen LogP contribution < -0.4 is 10.1 Å². The molecule has 1 aliphatic rings. The largest absolute Gasteiger partial charge is 0.435 e. The summed E-state index contributed by atoms with van der Waals surface area (Å²) in [7, 11) is 3.60. The van der Waals surface area contributed by atoms with Crippen molar-refractivity contribution in [1.29, 1.82) is 0 Å². The van der Waals surface area contributed by atoms with Crippen molar-refractivity contribution in [3.8, 4) is 5.75 Å². The molecule has 0 saturated heterocycles. The molecule has 33 heavy (non-hydrogen) atoms. The first-order chi connectivity index (χ1) is 15.5. The van der Waals surface area contributed by atoms with Gasteiger partial charge in [-0.25, -0.2) is 0 Å². The second-order valence-electron chi connectivity index (χ2n) is 7.79. The van der Waals surface area contributed by atoms with Gasteiger partial charge in [-0.05, 0) is 41.7 Å². The fourth-order valence-corrected chi connectivity index (χ4v) is 3.82. The van der Waals surface area contributed by atoms with Crippen molar-refractivity contribution in [3.63, 3.8) is 0 Å². The number of fused-ring (bicyclic) bond motifs is 1. The Balaban J connectivity index is 0.00000385. The number of carbonyl (C=O) groups excluding carboxylic acids is 1. The third-order valence-electron chi connectivity index (χ3n) is 5.48. The van der Waals surface area contributed by atoms with Gasteiger partial charge in [0.25, 0.3) is 0 Å². The minimum Gasteiger partial charge on any atom is -0.435 e. The molecule has 0 unspecified atom stereocenters. The average Bonchev–Trinajstić information content (AvgIpc) is 2.79. The van der Waals surface area contributed by atoms with Gasteiger partial charge in [0.05, 0.1) is 0 Å². The molecule has 0 radical (unpaired) electrons.